The largest absolute Gasteiger partial charge is 0.298 e. The van der Waals surface area contributed by atoms with Gasteiger partial charge in [-0.1, -0.05) is 48.0 Å². The maximum absolute atomic E-state index is 13.4. The number of halogens is 1. The summed E-state index contributed by atoms with van der Waals surface area (Å²) in [5.41, 5.74) is 6.60. The van der Waals surface area contributed by atoms with Crippen LogP contribution in [0.4, 0.5) is 4.39 Å². The number of nitrogens with zero attached hydrogens (tertiary/aromatic N) is 1. The predicted molar refractivity (Wildman–Crippen MR) is 112 cm³/mol. The Morgan fingerprint density at radius 1 is 1.00 bits per heavy atom. The van der Waals surface area contributed by atoms with Gasteiger partial charge in [-0.05, 0) is 65.6 Å². The molecular formula is C24H24FNS. The molecule has 3 heteroatoms. The van der Waals surface area contributed by atoms with Gasteiger partial charge in [0.05, 0.1) is 0 Å². The zero-order valence-corrected chi connectivity index (χ0v) is 16.4. The van der Waals surface area contributed by atoms with Gasteiger partial charge in [0, 0.05) is 24.5 Å². The molecule has 1 aromatic heterocycles. The summed E-state index contributed by atoms with van der Waals surface area (Å²) >= 11 is 1.79. The van der Waals surface area contributed by atoms with Crippen LogP contribution >= 0.6 is 11.3 Å². The monoisotopic (exact) mass is 377 g/mol. The van der Waals surface area contributed by atoms with Crippen LogP contribution in [0.15, 0.2) is 71.6 Å². The molecule has 3 aromatic rings. The SMILES string of the molecule is Cc1csc(C(=C2CCN(Cc3ccccc3)CC2)c2ccc(F)cc2)c1. The number of benzene rings is 2. The lowest BCUT2D eigenvalue weighted by atomic mass is 9.91. The second-order valence-corrected chi connectivity index (χ2v) is 8.15. The van der Waals surface area contributed by atoms with E-state index in [0.29, 0.717) is 0 Å². The molecule has 0 atom stereocenters. The minimum Gasteiger partial charge on any atom is -0.298 e. The Balaban J connectivity index is 1.58. The Kier molecular flexibility index (Phi) is 5.51. The molecule has 1 nitrogen and oxygen atoms in total. The van der Waals surface area contributed by atoms with E-state index in [1.165, 1.54) is 27.2 Å². The fourth-order valence-corrected chi connectivity index (χ4v) is 4.79. The van der Waals surface area contributed by atoms with Gasteiger partial charge in [0.25, 0.3) is 0 Å². The van der Waals surface area contributed by atoms with Crippen LogP contribution in [0.25, 0.3) is 5.57 Å². The normalized spacial score (nSPS) is 15.1. The van der Waals surface area contributed by atoms with Crippen LogP contribution in [0.3, 0.4) is 0 Å². The molecule has 0 unspecified atom stereocenters. The van der Waals surface area contributed by atoms with Crippen molar-refractivity contribution in [2.75, 3.05) is 13.1 Å². The molecule has 1 aliphatic rings. The van der Waals surface area contributed by atoms with Crippen molar-refractivity contribution in [1.29, 1.82) is 0 Å². The number of piperidine rings is 1. The zero-order valence-electron chi connectivity index (χ0n) is 15.6. The van der Waals surface area contributed by atoms with Gasteiger partial charge in [-0.2, -0.15) is 0 Å². The van der Waals surface area contributed by atoms with E-state index < -0.39 is 0 Å². The summed E-state index contributed by atoms with van der Waals surface area (Å²) < 4.78 is 13.4. The Bertz CT molecular complexity index is 915. The van der Waals surface area contributed by atoms with Gasteiger partial charge >= 0.3 is 0 Å². The maximum atomic E-state index is 13.4. The van der Waals surface area contributed by atoms with E-state index in [9.17, 15) is 4.39 Å². The zero-order chi connectivity index (χ0) is 18.6. The summed E-state index contributed by atoms with van der Waals surface area (Å²) in [6.45, 7) is 5.28. The summed E-state index contributed by atoms with van der Waals surface area (Å²) in [4.78, 5) is 3.83. The standard InChI is InChI=1S/C24H24FNS/c1-18-15-23(27-17-18)24(20-7-9-22(25)10-8-20)21-11-13-26(14-12-21)16-19-5-3-2-4-6-19/h2-10,15,17H,11-14,16H2,1H3. The summed E-state index contributed by atoms with van der Waals surface area (Å²) in [6.07, 6.45) is 2.13. The molecule has 0 bridgehead atoms. The van der Waals surface area contributed by atoms with Gasteiger partial charge in [-0.15, -0.1) is 11.3 Å². The Morgan fingerprint density at radius 3 is 2.33 bits per heavy atom. The third-order valence-electron chi connectivity index (χ3n) is 5.17. The predicted octanol–water partition coefficient (Wildman–Crippen LogP) is 6.29. The molecule has 0 N–H and O–H groups in total. The summed E-state index contributed by atoms with van der Waals surface area (Å²) in [5.74, 6) is -0.178. The molecule has 2 aromatic carbocycles. The van der Waals surface area contributed by atoms with Crippen LogP contribution in [0, 0.1) is 12.7 Å². The van der Waals surface area contributed by atoms with E-state index in [-0.39, 0.29) is 5.82 Å². The molecule has 0 aliphatic carbocycles. The Hall–Kier alpha value is -2.23. The van der Waals surface area contributed by atoms with Crippen molar-refractivity contribution < 1.29 is 4.39 Å². The highest BCUT2D eigenvalue weighted by molar-refractivity contribution is 7.11. The molecule has 0 radical (unpaired) electrons. The molecule has 4 rings (SSSR count). The third kappa shape index (κ3) is 4.37. The maximum Gasteiger partial charge on any atom is 0.123 e. The second kappa shape index (κ2) is 8.20. The highest BCUT2D eigenvalue weighted by Crippen LogP contribution is 2.35. The summed E-state index contributed by atoms with van der Waals surface area (Å²) in [7, 11) is 0. The molecule has 1 saturated heterocycles. The van der Waals surface area contributed by atoms with Crippen LogP contribution < -0.4 is 0 Å². The number of hydrogen-bond acceptors (Lipinski definition) is 2. The fourth-order valence-electron chi connectivity index (χ4n) is 3.77. The van der Waals surface area contributed by atoms with Crippen LogP contribution in [0.2, 0.25) is 0 Å². The van der Waals surface area contributed by atoms with Crippen LogP contribution in [0.1, 0.15) is 34.4 Å². The lowest BCUT2D eigenvalue weighted by Crippen LogP contribution is -2.30. The van der Waals surface area contributed by atoms with Gasteiger partial charge < -0.3 is 0 Å². The van der Waals surface area contributed by atoms with Crippen molar-refractivity contribution in [3.63, 3.8) is 0 Å². The van der Waals surface area contributed by atoms with Crippen molar-refractivity contribution in [3.05, 3.63) is 99.0 Å². The average molecular weight is 378 g/mol. The lowest BCUT2D eigenvalue weighted by molar-refractivity contribution is 0.248. The number of hydrogen-bond donors (Lipinski definition) is 0. The lowest BCUT2D eigenvalue weighted by Gasteiger charge is -2.30. The second-order valence-electron chi connectivity index (χ2n) is 7.24. The minimum atomic E-state index is -0.178. The molecule has 138 valence electrons. The summed E-state index contributed by atoms with van der Waals surface area (Å²) in [6, 6.07) is 19.9. The van der Waals surface area contributed by atoms with Gasteiger partial charge in [0.1, 0.15) is 5.82 Å². The van der Waals surface area contributed by atoms with E-state index in [1.54, 1.807) is 23.5 Å². The van der Waals surface area contributed by atoms with Crippen molar-refractivity contribution in [2.45, 2.75) is 26.3 Å². The van der Waals surface area contributed by atoms with Crippen LogP contribution in [-0.2, 0) is 6.54 Å². The van der Waals surface area contributed by atoms with Crippen molar-refractivity contribution in [3.8, 4) is 0 Å². The Labute approximate surface area is 164 Å². The number of aryl methyl sites for hydroxylation is 1. The van der Waals surface area contributed by atoms with E-state index in [1.807, 2.05) is 12.1 Å². The van der Waals surface area contributed by atoms with Gasteiger partial charge in [-0.3, -0.25) is 4.90 Å². The number of likely N-dealkylation sites (tertiary alicyclic amines) is 1. The highest BCUT2D eigenvalue weighted by Gasteiger charge is 2.20. The first-order chi connectivity index (χ1) is 13.2. The van der Waals surface area contributed by atoms with Crippen molar-refractivity contribution >= 4 is 16.9 Å². The van der Waals surface area contributed by atoms with Gasteiger partial charge in [-0.25, -0.2) is 4.39 Å². The molecule has 0 spiro atoms. The van der Waals surface area contributed by atoms with Crippen molar-refractivity contribution in [1.82, 2.24) is 4.90 Å². The third-order valence-corrected chi connectivity index (χ3v) is 6.24. The average Bonchev–Trinajstić information content (AvgIpc) is 3.12. The van der Waals surface area contributed by atoms with E-state index >= 15 is 0 Å². The Morgan fingerprint density at radius 2 is 1.70 bits per heavy atom. The van der Waals surface area contributed by atoms with Crippen LogP contribution in [0.5, 0.6) is 0 Å². The van der Waals surface area contributed by atoms with Crippen LogP contribution in [-0.4, -0.2) is 18.0 Å². The molecule has 1 aliphatic heterocycles. The molecule has 1 fully saturated rings. The smallest absolute Gasteiger partial charge is 0.123 e. The van der Waals surface area contributed by atoms with Gasteiger partial charge in [0.15, 0.2) is 0 Å². The quantitative estimate of drug-likeness (QED) is 0.516. The molecular weight excluding hydrogens is 353 g/mol. The first-order valence-electron chi connectivity index (χ1n) is 9.49. The highest BCUT2D eigenvalue weighted by atomic mass is 32.1. The number of thiophene rings is 1. The topological polar surface area (TPSA) is 3.24 Å². The molecule has 2 heterocycles. The minimum absolute atomic E-state index is 0.178. The van der Waals surface area contributed by atoms with E-state index in [4.69, 9.17) is 0 Å². The molecule has 0 saturated carbocycles. The van der Waals surface area contributed by atoms with E-state index in [0.717, 1.165) is 38.0 Å². The first-order valence-corrected chi connectivity index (χ1v) is 10.4. The number of rotatable bonds is 4. The molecule has 27 heavy (non-hydrogen) atoms. The fraction of sp³-hybridized carbons (Fsp3) is 0.250. The van der Waals surface area contributed by atoms with Gasteiger partial charge in [0.2, 0.25) is 0 Å². The van der Waals surface area contributed by atoms with E-state index in [2.05, 4.69) is 53.6 Å². The first kappa shape index (κ1) is 18.1. The molecule has 0 amide bonds. The van der Waals surface area contributed by atoms with Crippen molar-refractivity contribution in [2.24, 2.45) is 0 Å². The summed E-state index contributed by atoms with van der Waals surface area (Å²) in [5, 5.41) is 2.20.